The molecule has 2 aromatic carbocycles. The molecule has 0 amide bonds. The minimum absolute atomic E-state index is 0.257. The van der Waals surface area contributed by atoms with Crippen molar-refractivity contribution in [2.24, 2.45) is 0 Å². The minimum atomic E-state index is -0.257. The summed E-state index contributed by atoms with van der Waals surface area (Å²) in [6, 6.07) is 9.04. The quantitative estimate of drug-likeness (QED) is 0.434. The van der Waals surface area contributed by atoms with Gasteiger partial charge in [-0.2, -0.15) is 0 Å². The Hall–Kier alpha value is -3.52. The van der Waals surface area contributed by atoms with Gasteiger partial charge < -0.3 is 24.5 Å². The smallest absolute Gasteiger partial charge is 0.227 e. The van der Waals surface area contributed by atoms with Crippen LogP contribution in [0.1, 0.15) is 18.9 Å². The molecule has 0 radical (unpaired) electrons. The van der Waals surface area contributed by atoms with E-state index in [0.717, 1.165) is 22.4 Å². The number of halogens is 1. The molecule has 2 N–H and O–H groups in total. The molecule has 1 unspecified atom stereocenters. The molecule has 0 bridgehead atoms. The number of hydrogen-bond donors (Lipinski definition) is 2. The molecule has 8 nitrogen and oxygen atoms in total. The summed E-state index contributed by atoms with van der Waals surface area (Å²) in [4.78, 5) is 16.1. The lowest BCUT2D eigenvalue weighted by Crippen LogP contribution is -2.05. The molecule has 1 atom stereocenters. The van der Waals surface area contributed by atoms with Gasteiger partial charge in [0.1, 0.15) is 11.6 Å². The molecule has 0 aliphatic rings. The van der Waals surface area contributed by atoms with Crippen molar-refractivity contribution in [3.8, 4) is 17.2 Å². The van der Waals surface area contributed by atoms with Gasteiger partial charge >= 0.3 is 0 Å². The van der Waals surface area contributed by atoms with Crippen molar-refractivity contribution in [3.63, 3.8) is 0 Å². The Bertz CT molecular complexity index is 1170. The van der Waals surface area contributed by atoms with E-state index < -0.39 is 0 Å². The standard InChI is InChI=1S/C21H20ClN5O3/c1-12(20-23-6-7-24-20)30-17-5-4-14(9-15(17)22)26-21-25-11-13-8-18(28-2)19(29-3)10-16(13)27-21/h4-12H,1-3H3,(H,23,24)(H,25,26,27). The van der Waals surface area contributed by atoms with E-state index in [0.29, 0.717) is 28.2 Å². The lowest BCUT2D eigenvalue weighted by Gasteiger charge is -2.15. The van der Waals surface area contributed by atoms with Crippen LogP contribution in [0.25, 0.3) is 10.9 Å². The van der Waals surface area contributed by atoms with Crippen molar-refractivity contribution in [2.75, 3.05) is 19.5 Å². The number of nitrogens with one attached hydrogen (secondary N) is 2. The van der Waals surface area contributed by atoms with Crippen LogP contribution in [-0.4, -0.2) is 34.2 Å². The van der Waals surface area contributed by atoms with E-state index in [4.69, 9.17) is 25.8 Å². The van der Waals surface area contributed by atoms with Gasteiger partial charge in [0.05, 0.1) is 24.8 Å². The highest BCUT2D eigenvalue weighted by Gasteiger charge is 2.13. The van der Waals surface area contributed by atoms with Crippen molar-refractivity contribution < 1.29 is 14.2 Å². The molecule has 9 heteroatoms. The molecule has 4 rings (SSSR count). The predicted octanol–water partition coefficient (Wildman–Crippen LogP) is 4.91. The van der Waals surface area contributed by atoms with E-state index in [1.807, 2.05) is 19.1 Å². The van der Waals surface area contributed by atoms with Gasteiger partial charge in [-0.3, -0.25) is 0 Å². The Labute approximate surface area is 178 Å². The van der Waals surface area contributed by atoms with Crippen molar-refractivity contribution >= 4 is 34.1 Å². The topological polar surface area (TPSA) is 94.2 Å². The van der Waals surface area contributed by atoms with Crippen molar-refractivity contribution in [1.82, 2.24) is 19.9 Å². The number of benzene rings is 2. The molecular weight excluding hydrogens is 406 g/mol. The van der Waals surface area contributed by atoms with Crippen LogP contribution in [-0.2, 0) is 0 Å². The van der Waals surface area contributed by atoms with E-state index in [1.165, 1.54) is 0 Å². The average Bonchev–Trinajstić information content (AvgIpc) is 3.29. The lowest BCUT2D eigenvalue weighted by molar-refractivity contribution is 0.218. The maximum atomic E-state index is 6.40. The van der Waals surface area contributed by atoms with Crippen LogP contribution in [0.2, 0.25) is 5.02 Å². The molecule has 2 aromatic heterocycles. The first-order valence-electron chi connectivity index (χ1n) is 9.18. The van der Waals surface area contributed by atoms with Crippen LogP contribution in [0, 0.1) is 0 Å². The Morgan fingerprint density at radius 2 is 1.83 bits per heavy atom. The number of fused-ring (bicyclic) bond motifs is 1. The van der Waals surface area contributed by atoms with Crippen LogP contribution in [0.5, 0.6) is 17.2 Å². The predicted molar refractivity (Wildman–Crippen MR) is 115 cm³/mol. The van der Waals surface area contributed by atoms with E-state index in [9.17, 15) is 0 Å². The number of methoxy groups -OCH3 is 2. The van der Waals surface area contributed by atoms with E-state index >= 15 is 0 Å². The van der Waals surface area contributed by atoms with Gasteiger partial charge in [-0.25, -0.2) is 15.0 Å². The van der Waals surface area contributed by atoms with Crippen LogP contribution in [0.3, 0.4) is 0 Å². The number of H-pyrrole nitrogens is 1. The summed E-state index contributed by atoms with van der Waals surface area (Å²) < 4.78 is 16.6. The van der Waals surface area contributed by atoms with Gasteiger partial charge in [-0.15, -0.1) is 0 Å². The second-order valence-corrected chi connectivity index (χ2v) is 6.87. The third kappa shape index (κ3) is 4.08. The zero-order valence-corrected chi connectivity index (χ0v) is 17.4. The molecular formula is C21H20ClN5O3. The Morgan fingerprint density at radius 3 is 2.53 bits per heavy atom. The Balaban J connectivity index is 1.53. The summed E-state index contributed by atoms with van der Waals surface area (Å²) in [6.45, 7) is 1.90. The first kappa shape index (κ1) is 19.8. The summed E-state index contributed by atoms with van der Waals surface area (Å²) >= 11 is 6.40. The molecule has 0 saturated heterocycles. The third-order valence-corrected chi connectivity index (χ3v) is 4.78. The first-order valence-corrected chi connectivity index (χ1v) is 9.56. The molecule has 154 valence electrons. The number of hydrogen-bond acceptors (Lipinski definition) is 7. The van der Waals surface area contributed by atoms with Gasteiger partial charge in [0.15, 0.2) is 17.6 Å². The second kappa shape index (κ2) is 8.46. The van der Waals surface area contributed by atoms with Gasteiger partial charge in [-0.1, -0.05) is 11.6 Å². The highest BCUT2D eigenvalue weighted by molar-refractivity contribution is 6.32. The fourth-order valence-electron chi connectivity index (χ4n) is 2.97. The highest BCUT2D eigenvalue weighted by atomic mass is 35.5. The zero-order chi connectivity index (χ0) is 21.1. The van der Waals surface area contributed by atoms with E-state index in [1.54, 1.807) is 51.0 Å². The molecule has 4 aromatic rings. The first-order chi connectivity index (χ1) is 14.6. The van der Waals surface area contributed by atoms with Crippen molar-refractivity contribution in [1.29, 1.82) is 0 Å². The number of anilines is 2. The summed E-state index contributed by atoms with van der Waals surface area (Å²) in [5.41, 5.74) is 1.46. The molecule has 0 fully saturated rings. The Kier molecular flexibility index (Phi) is 5.58. The highest BCUT2D eigenvalue weighted by Crippen LogP contribution is 2.33. The lowest BCUT2D eigenvalue weighted by atomic mass is 10.2. The maximum Gasteiger partial charge on any atom is 0.227 e. The number of aromatic amines is 1. The molecule has 30 heavy (non-hydrogen) atoms. The van der Waals surface area contributed by atoms with Crippen LogP contribution >= 0.6 is 11.6 Å². The average molecular weight is 426 g/mol. The molecule has 0 aliphatic heterocycles. The number of imidazole rings is 1. The van der Waals surface area contributed by atoms with E-state index in [-0.39, 0.29) is 6.10 Å². The minimum Gasteiger partial charge on any atom is -0.493 e. The fraction of sp³-hybridized carbons (Fsp3) is 0.190. The molecule has 0 saturated carbocycles. The van der Waals surface area contributed by atoms with Gasteiger partial charge in [0.2, 0.25) is 5.95 Å². The van der Waals surface area contributed by atoms with Crippen LogP contribution in [0.15, 0.2) is 48.9 Å². The normalized spacial score (nSPS) is 11.9. The summed E-state index contributed by atoms with van der Waals surface area (Å²) in [7, 11) is 3.18. The molecule has 2 heterocycles. The zero-order valence-electron chi connectivity index (χ0n) is 16.6. The number of nitrogens with zero attached hydrogens (tertiary/aromatic N) is 3. The van der Waals surface area contributed by atoms with Gasteiger partial charge in [-0.05, 0) is 31.2 Å². The van der Waals surface area contributed by atoms with Crippen molar-refractivity contribution in [3.05, 3.63) is 59.8 Å². The van der Waals surface area contributed by atoms with Crippen LogP contribution < -0.4 is 19.5 Å². The number of aromatic nitrogens is 4. The SMILES string of the molecule is COc1cc2cnc(Nc3ccc(OC(C)c4ncc[nH]4)c(Cl)c3)nc2cc1OC. The molecule has 0 spiro atoms. The number of rotatable bonds is 7. The summed E-state index contributed by atoms with van der Waals surface area (Å²) in [5.74, 6) is 2.95. The number of ether oxygens (including phenoxy) is 3. The Morgan fingerprint density at radius 1 is 1.03 bits per heavy atom. The second-order valence-electron chi connectivity index (χ2n) is 6.46. The fourth-order valence-corrected chi connectivity index (χ4v) is 3.19. The maximum absolute atomic E-state index is 6.40. The largest absolute Gasteiger partial charge is 0.493 e. The van der Waals surface area contributed by atoms with E-state index in [2.05, 4.69) is 25.3 Å². The van der Waals surface area contributed by atoms with Crippen molar-refractivity contribution in [2.45, 2.75) is 13.0 Å². The van der Waals surface area contributed by atoms with Gasteiger partial charge in [0, 0.05) is 35.7 Å². The monoisotopic (exact) mass is 425 g/mol. The summed E-state index contributed by atoms with van der Waals surface area (Å²) in [6.07, 6.45) is 4.89. The van der Waals surface area contributed by atoms with Gasteiger partial charge in [0.25, 0.3) is 0 Å². The third-order valence-electron chi connectivity index (χ3n) is 4.48. The van der Waals surface area contributed by atoms with Crippen LogP contribution in [0.4, 0.5) is 11.6 Å². The summed E-state index contributed by atoms with van der Waals surface area (Å²) in [5, 5.41) is 4.46. The molecule has 0 aliphatic carbocycles.